The summed E-state index contributed by atoms with van der Waals surface area (Å²) in [6, 6.07) is 8.13. The van der Waals surface area contributed by atoms with Crippen LogP contribution < -0.4 is 4.90 Å². The maximum Gasteiger partial charge on any atom is 0.146 e. The zero-order chi connectivity index (χ0) is 14.0. The van der Waals surface area contributed by atoms with Crippen molar-refractivity contribution in [1.29, 1.82) is 5.26 Å². The van der Waals surface area contributed by atoms with E-state index in [4.69, 9.17) is 5.26 Å². The highest BCUT2D eigenvalue weighted by Crippen LogP contribution is 2.28. The lowest BCUT2D eigenvalue weighted by Crippen LogP contribution is -2.14. The summed E-state index contributed by atoms with van der Waals surface area (Å²) in [7, 11) is 1.69. The molecule has 0 fully saturated rings. The lowest BCUT2D eigenvalue weighted by atomic mass is 10.2. The van der Waals surface area contributed by atoms with Gasteiger partial charge in [0.1, 0.15) is 29.2 Å². The minimum Gasteiger partial charge on any atom is -0.327 e. The number of hydrogen-bond donors (Lipinski definition) is 0. The fourth-order valence-electron chi connectivity index (χ4n) is 1.65. The van der Waals surface area contributed by atoms with Crippen LogP contribution in [0, 0.1) is 24.1 Å². The SMILES string of the molecule is Cc1nc(C#N)cc(N(C)c2cc(Br)ccc2F)n1. The van der Waals surface area contributed by atoms with Gasteiger partial charge in [0.2, 0.25) is 0 Å². The van der Waals surface area contributed by atoms with E-state index in [1.54, 1.807) is 31.0 Å². The van der Waals surface area contributed by atoms with E-state index in [2.05, 4.69) is 25.9 Å². The predicted molar refractivity (Wildman–Crippen MR) is 73.6 cm³/mol. The van der Waals surface area contributed by atoms with Crippen LogP contribution in [0.2, 0.25) is 0 Å². The second-order valence-electron chi connectivity index (χ2n) is 3.93. The van der Waals surface area contributed by atoms with Crippen molar-refractivity contribution in [2.24, 2.45) is 0 Å². The van der Waals surface area contributed by atoms with Crippen LogP contribution in [0.3, 0.4) is 0 Å². The van der Waals surface area contributed by atoms with Gasteiger partial charge in [-0.3, -0.25) is 0 Å². The maximum atomic E-state index is 13.8. The van der Waals surface area contributed by atoms with Crippen LogP contribution in [-0.4, -0.2) is 17.0 Å². The summed E-state index contributed by atoms with van der Waals surface area (Å²) in [4.78, 5) is 9.76. The molecule has 2 aromatic rings. The number of anilines is 2. The fourth-order valence-corrected chi connectivity index (χ4v) is 2.00. The Hall–Kier alpha value is -2.00. The summed E-state index contributed by atoms with van der Waals surface area (Å²) < 4.78 is 14.6. The first-order chi connectivity index (χ1) is 9.01. The molecule has 0 aliphatic carbocycles. The summed E-state index contributed by atoms with van der Waals surface area (Å²) in [5.74, 6) is 0.581. The van der Waals surface area contributed by atoms with Crippen LogP contribution in [0.15, 0.2) is 28.7 Å². The van der Waals surface area contributed by atoms with Crippen molar-refractivity contribution >= 4 is 27.4 Å². The molecule has 0 amide bonds. The second-order valence-corrected chi connectivity index (χ2v) is 4.84. The first kappa shape index (κ1) is 13.4. The summed E-state index contributed by atoms with van der Waals surface area (Å²) in [6.07, 6.45) is 0. The number of benzene rings is 1. The first-order valence-corrected chi connectivity index (χ1v) is 6.25. The average Bonchev–Trinajstić information content (AvgIpc) is 2.40. The van der Waals surface area contributed by atoms with Gasteiger partial charge in [-0.15, -0.1) is 0 Å². The smallest absolute Gasteiger partial charge is 0.146 e. The Morgan fingerprint density at radius 3 is 2.74 bits per heavy atom. The van der Waals surface area contributed by atoms with Crippen molar-refractivity contribution < 1.29 is 4.39 Å². The monoisotopic (exact) mass is 320 g/mol. The van der Waals surface area contributed by atoms with Crippen molar-refractivity contribution in [1.82, 2.24) is 9.97 Å². The van der Waals surface area contributed by atoms with Gasteiger partial charge in [-0.2, -0.15) is 5.26 Å². The minimum atomic E-state index is -0.361. The Bertz CT molecular complexity index is 666. The Labute approximate surface area is 118 Å². The molecule has 0 saturated heterocycles. The molecule has 0 unspecified atom stereocenters. The number of rotatable bonds is 2. The van der Waals surface area contributed by atoms with Gasteiger partial charge in [-0.25, -0.2) is 14.4 Å². The lowest BCUT2D eigenvalue weighted by Gasteiger charge is -2.19. The highest BCUT2D eigenvalue weighted by Gasteiger charge is 2.13. The van der Waals surface area contributed by atoms with E-state index >= 15 is 0 Å². The zero-order valence-electron chi connectivity index (χ0n) is 10.4. The van der Waals surface area contributed by atoms with E-state index in [0.29, 0.717) is 17.3 Å². The molecule has 0 bridgehead atoms. The third-order valence-electron chi connectivity index (χ3n) is 2.55. The molecule has 0 radical (unpaired) electrons. The summed E-state index contributed by atoms with van der Waals surface area (Å²) in [5, 5.41) is 8.90. The number of nitrogens with zero attached hydrogens (tertiary/aromatic N) is 4. The highest BCUT2D eigenvalue weighted by atomic mass is 79.9. The van der Waals surface area contributed by atoms with Gasteiger partial charge in [0, 0.05) is 17.6 Å². The molecular weight excluding hydrogens is 311 g/mol. The minimum absolute atomic E-state index is 0.254. The van der Waals surface area contributed by atoms with E-state index in [1.807, 2.05) is 6.07 Å². The summed E-state index contributed by atoms with van der Waals surface area (Å²) in [6.45, 7) is 1.69. The molecule has 1 heterocycles. The van der Waals surface area contributed by atoms with Crippen molar-refractivity contribution in [3.8, 4) is 6.07 Å². The van der Waals surface area contributed by atoms with Gasteiger partial charge in [-0.05, 0) is 25.1 Å². The van der Waals surface area contributed by atoms with Crippen LogP contribution >= 0.6 is 15.9 Å². The van der Waals surface area contributed by atoms with Gasteiger partial charge in [0.05, 0.1) is 5.69 Å². The van der Waals surface area contributed by atoms with Crippen LogP contribution in [-0.2, 0) is 0 Å². The van der Waals surface area contributed by atoms with Gasteiger partial charge in [-0.1, -0.05) is 15.9 Å². The number of aromatic nitrogens is 2. The Kier molecular flexibility index (Phi) is 3.76. The lowest BCUT2D eigenvalue weighted by molar-refractivity contribution is 0.627. The van der Waals surface area contributed by atoms with Crippen LogP contribution in [0.1, 0.15) is 11.5 Å². The fraction of sp³-hybridized carbons (Fsp3) is 0.154. The zero-order valence-corrected chi connectivity index (χ0v) is 11.9. The first-order valence-electron chi connectivity index (χ1n) is 5.46. The van der Waals surface area contributed by atoms with Crippen LogP contribution in [0.5, 0.6) is 0 Å². The molecule has 0 atom stereocenters. The molecule has 0 aliphatic heterocycles. The standard InChI is InChI=1S/C13H10BrFN4/c1-8-17-10(7-16)6-13(18-8)19(2)12-5-9(14)3-4-11(12)15/h3-6H,1-2H3. The van der Waals surface area contributed by atoms with E-state index in [9.17, 15) is 4.39 Å². The van der Waals surface area contributed by atoms with E-state index in [0.717, 1.165) is 4.47 Å². The third kappa shape index (κ3) is 2.88. The second kappa shape index (κ2) is 5.33. The Morgan fingerprint density at radius 1 is 1.32 bits per heavy atom. The van der Waals surface area contributed by atoms with Crippen molar-refractivity contribution in [3.05, 3.63) is 46.1 Å². The Balaban J connectivity index is 2.50. The normalized spacial score (nSPS) is 10.1. The molecule has 0 saturated carbocycles. The van der Waals surface area contributed by atoms with Gasteiger partial charge in [0.15, 0.2) is 0 Å². The van der Waals surface area contributed by atoms with Crippen LogP contribution in [0.25, 0.3) is 0 Å². The molecule has 96 valence electrons. The van der Waals surface area contributed by atoms with Gasteiger partial charge < -0.3 is 4.90 Å². The number of hydrogen-bond acceptors (Lipinski definition) is 4. The average molecular weight is 321 g/mol. The molecule has 1 aromatic carbocycles. The van der Waals surface area contributed by atoms with Crippen LogP contribution in [0.4, 0.5) is 15.9 Å². The van der Waals surface area contributed by atoms with Crippen molar-refractivity contribution in [2.45, 2.75) is 6.92 Å². The highest BCUT2D eigenvalue weighted by molar-refractivity contribution is 9.10. The number of nitriles is 1. The molecule has 0 spiro atoms. The number of halogens is 2. The van der Waals surface area contributed by atoms with E-state index < -0.39 is 0 Å². The topological polar surface area (TPSA) is 52.8 Å². The third-order valence-corrected chi connectivity index (χ3v) is 3.05. The van der Waals surface area contributed by atoms with Crippen molar-refractivity contribution in [2.75, 3.05) is 11.9 Å². The molecule has 0 aliphatic rings. The molecule has 4 nitrogen and oxygen atoms in total. The number of aryl methyl sites for hydroxylation is 1. The quantitative estimate of drug-likeness (QED) is 0.851. The Morgan fingerprint density at radius 2 is 2.05 bits per heavy atom. The maximum absolute atomic E-state index is 13.8. The molecule has 19 heavy (non-hydrogen) atoms. The molecule has 1 aromatic heterocycles. The van der Waals surface area contributed by atoms with Gasteiger partial charge >= 0.3 is 0 Å². The molecular formula is C13H10BrFN4. The van der Waals surface area contributed by atoms with E-state index in [-0.39, 0.29) is 11.5 Å². The molecule has 6 heteroatoms. The van der Waals surface area contributed by atoms with Crippen molar-refractivity contribution in [3.63, 3.8) is 0 Å². The van der Waals surface area contributed by atoms with Gasteiger partial charge in [0.25, 0.3) is 0 Å². The predicted octanol–water partition coefficient (Wildman–Crippen LogP) is 3.33. The summed E-state index contributed by atoms with van der Waals surface area (Å²) >= 11 is 3.30. The molecule has 0 N–H and O–H groups in total. The summed E-state index contributed by atoms with van der Waals surface area (Å²) in [5.41, 5.74) is 0.626. The van der Waals surface area contributed by atoms with E-state index in [1.165, 1.54) is 12.1 Å². The largest absolute Gasteiger partial charge is 0.327 e. The molecule has 2 rings (SSSR count).